The quantitative estimate of drug-likeness (QED) is 0.314. The first kappa shape index (κ1) is 26.8. The Bertz CT molecular complexity index is 1530. The molecule has 1 saturated heterocycles. The molecule has 39 heavy (non-hydrogen) atoms. The highest BCUT2D eigenvalue weighted by atomic mass is 35.5. The van der Waals surface area contributed by atoms with Crippen molar-refractivity contribution in [2.45, 2.75) is 13.3 Å². The van der Waals surface area contributed by atoms with E-state index in [0.717, 1.165) is 22.5 Å². The molecule has 1 aliphatic heterocycles. The SMILES string of the molecule is CCNC(=O)CN(C)c1cc(N2CC(CC(N)=O)C2)n2nc(-c3ccccc3Cl)c(-c3ccc(Cl)cc3)c2n1. The summed E-state index contributed by atoms with van der Waals surface area (Å²) in [5.74, 6) is 1.16. The maximum Gasteiger partial charge on any atom is 0.239 e. The number of hydrogen-bond donors (Lipinski definition) is 2. The van der Waals surface area contributed by atoms with E-state index in [1.165, 1.54) is 0 Å². The van der Waals surface area contributed by atoms with Crippen LogP contribution in [0.3, 0.4) is 0 Å². The van der Waals surface area contributed by atoms with Crippen LogP contribution in [-0.4, -0.2) is 59.6 Å². The lowest BCUT2D eigenvalue weighted by Crippen LogP contribution is -2.49. The summed E-state index contributed by atoms with van der Waals surface area (Å²) in [5, 5.41) is 9.05. The molecule has 2 aromatic carbocycles. The predicted octanol–water partition coefficient (Wildman–Crippen LogP) is 4.25. The van der Waals surface area contributed by atoms with Crippen LogP contribution in [0.1, 0.15) is 13.3 Å². The van der Waals surface area contributed by atoms with Gasteiger partial charge in [0.1, 0.15) is 17.3 Å². The highest BCUT2D eigenvalue weighted by molar-refractivity contribution is 6.33. The first-order valence-corrected chi connectivity index (χ1v) is 13.5. The van der Waals surface area contributed by atoms with Gasteiger partial charge in [0.2, 0.25) is 11.8 Å². The lowest BCUT2D eigenvalue weighted by molar-refractivity contribution is -0.120. The number of hydrogen-bond acceptors (Lipinski definition) is 6. The Balaban J connectivity index is 1.71. The number of carbonyl (C=O) groups excluding carboxylic acids is 2. The largest absolute Gasteiger partial charge is 0.370 e. The van der Waals surface area contributed by atoms with E-state index in [-0.39, 0.29) is 24.3 Å². The van der Waals surface area contributed by atoms with Crippen molar-refractivity contribution in [3.05, 3.63) is 64.6 Å². The molecule has 0 unspecified atom stereocenters. The minimum Gasteiger partial charge on any atom is -0.370 e. The fourth-order valence-corrected chi connectivity index (χ4v) is 5.21. The van der Waals surface area contributed by atoms with Gasteiger partial charge in [0.15, 0.2) is 5.65 Å². The molecule has 0 bridgehead atoms. The van der Waals surface area contributed by atoms with Gasteiger partial charge in [-0.1, -0.05) is 53.5 Å². The Morgan fingerprint density at radius 2 is 1.85 bits per heavy atom. The third-order valence-corrected chi connectivity index (χ3v) is 7.32. The number of halogens is 2. The monoisotopic (exact) mass is 565 g/mol. The van der Waals surface area contributed by atoms with Gasteiger partial charge in [-0.15, -0.1) is 0 Å². The van der Waals surface area contributed by atoms with Crippen LogP contribution >= 0.6 is 23.2 Å². The van der Waals surface area contributed by atoms with E-state index in [9.17, 15) is 9.59 Å². The third-order valence-electron chi connectivity index (χ3n) is 6.74. The zero-order valence-electron chi connectivity index (χ0n) is 21.7. The van der Waals surface area contributed by atoms with E-state index < -0.39 is 0 Å². The Hall–Kier alpha value is -3.82. The van der Waals surface area contributed by atoms with Gasteiger partial charge >= 0.3 is 0 Å². The molecule has 3 heterocycles. The average Bonchev–Trinajstić information content (AvgIpc) is 3.25. The van der Waals surface area contributed by atoms with Crippen LogP contribution in [-0.2, 0) is 9.59 Å². The molecule has 9 nitrogen and oxygen atoms in total. The molecule has 0 atom stereocenters. The maximum atomic E-state index is 12.4. The Morgan fingerprint density at radius 1 is 1.13 bits per heavy atom. The molecule has 5 rings (SSSR count). The van der Waals surface area contributed by atoms with Crippen LogP contribution in [0.2, 0.25) is 10.0 Å². The normalized spacial score (nSPS) is 13.4. The van der Waals surface area contributed by atoms with Crippen molar-refractivity contribution in [3.63, 3.8) is 0 Å². The lowest BCUT2D eigenvalue weighted by atomic mass is 9.96. The Labute approximate surface area is 236 Å². The summed E-state index contributed by atoms with van der Waals surface area (Å²) in [7, 11) is 1.83. The Kier molecular flexibility index (Phi) is 7.63. The summed E-state index contributed by atoms with van der Waals surface area (Å²) in [4.78, 5) is 32.8. The average molecular weight is 566 g/mol. The van der Waals surface area contributed by atoms with Crippen molar-refractivity contribution in [2.24, 2.45) is 11.7 Å². The molecule has 0 saturated carbocycles. The van der Waals surface area contributed by atoms with Crippen LogP contribution in [0.4, 0.5) is 11.6 Å². The molecule has 1 fully saturated rings. The number of anilines is 2. The minimum atomic E-state index is -0.313. The van der Waals surface area contributed by atoms with E-state index in [1.54, 1.807) is 0 Å². The summed E-state index contributed by atoms with van der Waals surface area (Å²) in [6.07, 6.45) is 0.328. The van der Waals surface area contributed by atoms with E-state index in [2.05, 4.69) is 10.2 Å². The lowest BCUT2D eigenvalue weighted by Gasteiger charge is -2.40. The number of rotatable bonds is 9. The van der Waals surface area contributed by atoms with Gasteiger partial charge in [0.05, 0.1) is 17.1 Å². The molecule has 2 amide bonds. The summed E-state index contributed by atoms with van der Waals surface area (Å²) in [6, 6.07) is 17.0. The smallest absolute Gasteiger partial charge is 0.239 e. The van der Waals surface area contributed by atoms with Crippen LogP contribution < -0.4 is 20.9 Å². The van der Waals surface area contributed by atoms with E-state index in [1.807, 2.05) is 78.0 Å². The van der Waals surface area contributed by atoms with Crippen LogP contribution in [0.15, 0.2) is 54.6 Å². The molecule has 11 heteroatoms. The number of amides is 2. The molecule has 4 aromatic rings. The number of nitrogens with one attached hydrogen (secondary N) is 1. The number of nitrogens with two attached hydrogens (primary N) is 1. The molecule has 202 valence electrons. The summed E-state index contributed by atoms with van der Waals surface area (Å²) >= 11 is 12.9. The second-order valence-electron chi connectivity index (χ2n) is 9.67. The van der Waals surface area contributed by atoms with Gasteiger partial charge in [-0.25, -0.2) is 4.98 Å². The second-order valence-corrected chi connectivity index (χ2v) is 10.5. The van der Waals surface area contributed by atoms with Crippen molar-refractivity contribution >= 4 is 52.3 Å². The van der Waals surface area contributed by atoms with Crippen LogP contribution in [0, 0.1) is 5.92 Å². The zero-order chi connectivity index (χ0) is 27.7. The van der Waals surface area contributed by atoms with Crippen molar-refractivity contribution < 1.29 is 9.59 Å². The van der Waals surface area contributed by atoms with Crippen LogP contribution in [0.25, 0.3) is 28.0 Å². The Morgan fingerprint density at radius 3 is 2.51 bits per heavy atom. The fourth-order valence-electron chi connectivity index (χ4n) is 4.85. The molecule has 1 aliphatic rings. The molecule has 3 N–H and O–H groups in total. The fraction of sp³-hybridized carbons (Fsp3) is 0.286. The number of nitrogens with zero attached hydrogens (tertiary/aromatic N) is 5. The van der Waals surface area contributed by atoms with Gasteiger partial charge < -0.3 is 20.9 Å². The first-order valence-electron chi connectivity index (χ1n) is 12.7. The zero-order valence-corrected chi connectivity index (χ0v) is 23.2. The van der Waals surface area contributed by atoms with Gasteiger partial charge in [0, 0.05) is 55.7 Å². The first-order chi connectivity index (χ1) is 18.7. The molecule has 0 aliphatic carbocycles. The minimum absolute atomic E-state index is 0.100. The van der Waals surface area contributed by atoms with Crippen molar-refractivity contribution in [1.82, 2.24) is 19.9 Å². The number of aromatic nitrogens is 3. The second kappa shape index (κ2) is 11.1. The highest BCUT2D eigenvalue weighted by Crippen LogP contribution is 2.40. The maximum absolute atomic E-state index is 12.4. The standard InChI is InChI=1S/C28H29Cl2N7O2/c1-3-32-24(39)16-35(2)23-13-25(36-14-17(15-36)12-22(31)38)37-28(33-23)26(18-8-10-19(29)11-9-18)27(34-37)20-6-4-5-7-21(20)30/h4-11,13,17H,3,12,14-16H2,1-2H3,(H2,31,38)(H,32,39). The predicted molar refractivity (Wildman–Crippen MR) is 155 cm³/mol. The summed E-state index contributed by atoms with van der Waals surface area (Å²) < 4.78 is 1.81. The number of carbonyl (C=O) groups is 2. The van der Waals surface area contributed by atoms with Gasteiger partial charge in [0.25, 0.3) is 0 Å². The van der Waals surface area contributed by atoms with Gasteiger partial charge in [-0.05, 0) is 30.7 Å². The number of fused-ring (bicyclic) bond motifs is 1. The number of primary amides is 1. The number of benzene rings is 2. The van der Waals surface area contributed by atoms with E-state index in [0.29, 0.717) is 53.3 Å². The number of likely N-dealkylation sites (N-methyl/N-ethyl adjacent to an activating group) is 2. The highest BCUT2D eigenvalue weighted by Gasteiger charge is 2.32. The molecule has 2 aromatic heterocycles. The van der Waals surface area contributed by atoms with Crippen molar-refractivity contribution in [2.75, 3.05) is 43.0 Å². The topological polar surface area (TPSA) is 109 Å². The summed E-state index contributed by atoms with van der Waals surface area (Å²) in [6.45, 7) is 3.87. The molecular weight excluding hydrogens is 537 g/mol. The molecule has 0 radical (unpaired) electrons. The molecule has 0 spiro atoms. The van der Waals surface area contributed by atoms with Crippen molar-refractivity contribution in [1.29, 1.82) is 0 Å². The van der Waals surface area contributed by atoms with E-state index >= 15 is 0 Å². The van der Waals surface area contributed by atoms with Gasteiger partial charge in [-0.2, -0.15) is 9.61 Å². The van der Waals surface area contributed by atoms with Crippen LogP contribution in [0.5, 0.6) is 0 Å². The third kappa shape index (κ3) is 5.51. The van der Waals surface area contributed by atoms with Crippen molar-refractivity contribution in [3.8, 4) is 22.4 Å². The molecular formula is C28H29Cl2N7O2. The van der Waals surface area contributed by atoms with E-state index in [4.69, 9.17) is 39.0 Å². The summed E-state index contributed by atoms with van der Waals surface area (Å²) in [5.41, 5.74) is 9.17. The van der Waals surface area contributed by atoms with Gasteiger partial charge in [-0.3, -0.25) is 9.59 Å².